The van der Waals surface area contributed by atoms with Gasteiger partial charge in [0.2, 0.25) is 0 Å². The highest BCUT2D eigenvalue weighted by Crippen LogP contribution is 1.97. The van der Waals surface area contributed by atoms with Gasteiger partial charge in [-0.1, -0.05) is 6.92 Å². The zero-order chi connectivity index (χ0) is 13.1. The van der Waals surface area contributed by atoms with Crippen molar-refractivity contribution < 1.29 is 18.8 Å². The van der Waals surface area contributed by atoms with Crippen LogP contribution in [0.2, 0.25) is 0 Å². The molecular weight excluding hydrogens is 242 g/mol. The van der Waals surface area contributed by atoms with Gasteiger partial charge in [-0.25, -0.2) is 0 Å². The van der Waals surface area contributed by atoms with Crippen LogP contribution in [0.15, 0.2) is 0 Å². The van der Waals surface area contributed by atoms with E-state index in [1.165, 1.54) is 0 Å². The second kappa shape index (κ2) is 11.1. The highest BCUT2D eigenvalue weighted by atomic mass is 32.2. The fourth-order valence-corrected chi connectivity index (χ4v) is 1.61. The zero-order valence-electron chi connectivity index (χ0n) is 11.0. The van der Waals surface area contributed by atoms with Gasteiger partial charge >= 0.3 is 0 Å². The topological polar surface area (TPSA) is 67.8 Å². The first-order valence-corrected chi connectivity index (χ1v) is 7.47. The highest BCUT2D eigenvalue weighted by molar-refractivity contribution is 7.84. The number of aliphatic hydroxyl groups is 1. The van der Waals surface area contributed by atoms with E-state index in [9.17, 15) is 9.32 Å². The molecule has 3 unspecified atom stereocenters. The first-order valence-electron chi connectivity index (χ1n) is 5.85. The molecule has 0 spiro atoms. The minimum atomic E-state index is -0.773. The van der Waals surface area contributed by atoms with Gasteiger partial charge < -0.3 is 19.9 Å². The molecule has 0 saturated heterocycles. The number of rotatable bonds is 11. The minimum absolute atomic E-state index is 0.192. The molecule has 0 aromatic carbocycles. The summed E-state index contributed by atoms with van der Waals surface area (Å²) < 4.78 is 21.1. The molecule has 0 saturated carbocycles. The van der Waals surface area contributed by atoms with Crippen molar-refractivity contribution in [2.45, 2.75) is 24.7 Å². The van der Waals surface area contributed by atoms with E-state index < -0.39 is 16.9 Å². The van der Waals surface area contributed by atoms with Gasteiger partial charge in [-0.15, -0.1) is 0 Å². The number of methoxy groups -OCH3 is 1. The van der Waals surface area contributed by atoms with Crippen molar-refractivity contribution in [1.82, 2.24) is 5.32 Å². The van der Waals surface area contributed by atoms with Gasteiger partial charge in [-0.3, -0.25) is 4.21 Å². The lowest BCUT2D eigenvalue weighted by atomic mass is 10.3. The van der Waals surface area contributed by atoms with Crippen LogP contribution < -0.4 is 5.32 Å². The SMILES string of the molecule is COCCOCC(O)CNCCC(C)S(C)=O. The van der Waals surface area contributed by atoms with E-state index in [4.69, 9.17) is 9.47 Å². The summed E-state index contributed by atoms with van der Waals surface area (Å²) in [5.41, 5.74) is 0. The van der Waals surface area contributed by atoms with Crippen LogP contribution in [0.4, 0.5) is 0 Å². The average Bonchev–Trinajstić information content (AvgIpc) is 2.29. The third-order valence-corrected chi connectivity index (χ3v) is 3.79. The average molecular weight is 267 g/mol. The first-order chi connectivity index (χ1) is 8.07. The van der Waals surface area contributed by atoms with Crippen LogP contribution in [0.25, 0.3) is 0 Å². The third-order valence-electron chi connectivity index (χ3n) is 2.42. The molecule has 0 rings (SSSR count). The Hall–Kier alpha value is -0.0100. The molecule has 5 nitrogen and oxygen atoms in total. The van der Waals surface area contributed by atoms with Crippen LogP contribution in [-0.4, -0.2) is 66.9 Å². The molecular formula is C11H25NO4S. The molecule has 0 aromatic heterocycles. The van der Waals surface area contributed by atoms with Crippen LogP contribution >= 0.6 is 0 Å². The summed E-state index contributed by atoms with van der Waals surface area (Å²) in [6, 6.07) is 0. The van der Waals surface area contributed by atoms with Gasteiger partial charge in [0.25, 0.3) is 0 Å². The standard InChI is InChI=1S/C11H25NO4S/c1-10(17(3)14)4-5-12-8-11(13)9-16-7-6-15-2/h10-13H,4-9H2,1-3H3. The lowest BCUT2D eigenvalue weighted by Gasteiger charge is -2.13. The predicted octanol–water partition coefficient (Wildman–Crippen LogP) is -0.243. The Morgan fingerprint density at radius 1 is 1.41 bits per heavy atom. The van der Waals surface area contributed by atoms with Crippen molar-refractivity contribution >= 4 is 10.8 Å². The maximum atomic E-state index is 11.1. The van der Waals surface area contributed by atoms with Crippen molar-refractivity contribution in [2.75, 3.05) is 46.3 Å². The van der Waals surface area contributed by atoms with Gasteiger partial charge in [0.05, 0.1) is 25.9 Å². The molecule has 3 atom stereocenters. The van der Waals surface area contributed by atoms with Crippen LogP contribution in [0.5, 0.6) is 0 Å². The van der Waals surface area contributed by atoms with Crippen molar-refractivity contribution in [3.8, 4) is 0 Å². The Kier molecular flexibility index (Phi) is 11.1. The predicted molar refractivity (Wildman–Crippen MR) is 69.7 cm³/mol. The molecule has 0 aliphatic rings. The van der Waals surface area contributed by atoms with Crippen molar-refractivity contribution in [1.29, 1.82) is 0 Å². The number of ether oxygens (including phenoxy) is 2. The van der Waals surface area contributed by atoms with Crippen LogP contribution in [0.3, 0.4) is 0 Å². The van der Waals surface area contributed by atoms with Gasteiger partial charge in [0, 0.05) is 36.0 Å². The third kappa shape index (κ3) is 10.8. The summed E-state index contributed by atoms with van der Waals surface area (Å²) in [4.78, 5) is 0. The molecule has 2 N–H and O–H groups in total. The maximum absolute atomic E-state index is 11.1. The second-order valence-electron chi connectivity index (χ2n) is 4.02. The van der Waals surface area contributed by atoms with Crippen LogP contribution in [0, 0.1) is 0 Å². The Morgan fingerprint density at radius 3 is 2.71 bits per heavy atom. The van der Waals surface area contributed by atoms with Crippen molar-refractivity contribution in [3.05, 3.63) is 0 Å². The van der Waals surface area contributed by atoms with E-state index in [0.717, 1.165) is 13.0 Å². The smallest absolute Gasteiger partial charge is 0.0897 e. The molecule has 104 valence electrons. The van der Waals surface area contributed by atoms with E-state index in [1.807, 2.05) is 6.92 Å². The Balaban J connectivity index is 3.32. The van der Waals surface area contributed by atoms with E-state index in [-0.39, 0.29) is 5.25 Å². The molecule has 6 heteroatoms. The molecule has 0 fully saturated rings. The molecule has 0 bridgehead atoms. The molecule has 0 amide bonds. The van der Waals surface area contributed by atoms with E-state index in [1.54, 1.807) is 13.4 Å². The Labute approximate surface area is 106 Å². The Morgan fingerprint density at radius 2 is 2.12 bits per heavy atom. The molecule has 0 radical (unpaired) electrons. The maximum Gasteiger partial charge on any atom is 0.0897 e. The van der Waals surface area contributed by atoms with Crippen LogP contribution in [-0.2, 0) is 20.3 Å². The lowest BCUT2D eigenvalue weighted by molar-refractivity contribution is 0.0139. The number of hydrogen-bond donors (Lipinski definition) is 2. The van der Waals surface area contributed by atoms with Gasteiger partial charge in [-0.05, 0) is 13.0 Å². The van der Waals surface area contributed by atoms with Gasteiger partial charge in [0.1, 0.15) is 0 Å². The normalized spacial score (nSPS) is 16.7. The van der Waals surface area contributed by atoms with E-state index in [2.05, 4.69) is 5.32 Å². The summed E-state index contributed by atoms with van der Waals surface area (Å²) in [5, 5.41) is 12.8. The van der Waals surface area contributed by atoms with Crippen molar-refractivity contribution in [2.24, 2.45) is 0 Å². The quantitative estimate of drug-likeness (QED) is 0.506. The van der Waals surface area contributed by atoms with Gasteiger partial charge in [-0.2, -0.15) is 0 Å². The number of nitrogens with one attached hydrogen (secondary N) is 1. The Bertz CT molecular complexity index is 204. The van der Waals surface area contributed by atoms with Crippen molar-refractivity contribution in [3.63, 3.8) is 0 Å². The molecule has 17 heavy (non-hydrogen) atoms. The van der Waals surface area contributed by atoms with Gasteiger partial charge in [0.15, 0.2) is 0 Å². The molecule has 0 aliphatic carbocycles. The summed E-state index contributed by atoms with van der Waals surface area (Å²) in [6.07, 6.45) is 2.05. The summed E-state index contributed by atoms with van der Waals surface area (Å²) in [7, 11) is 0.839. The first kappa shape index (κ1) is 17.0. The fraction of sp³-hybridized carbons (Fsp3) is 1.00. The second-order valence-corrected chi connectivity index (χ2v) is 5.83. The highest BCUT2D eigenvalue weighted by Gasteiger charge is 2.07. The summed E-state index contributed by atoms with van der Waals surface area (Å²) >= 11 is 0. The summed E-state index contributed by atoms with van der Waals surface area (Å²) in [5.74, 6) is 0. The zero-order valence-corrected chi connectivity index (χ0v) is 11.8. The fourth-order valence-electron chi connectivity index (χ4n) is 1.16. The molecule has 0 heterocycles. The lowest BCUT2D eigenvalue weighted by Crippen LogP contribution is -2.32. The monoisotopic (exact) mass is 267 g/mol. The largest absolute Gasteiger partial charge is 0.389 e. The summed E-state index contributed by atoms with van der Waals surface area (Å²) in [6.45, 7) is 4.57. The number of aliphatic hydroxyl groups excluding tert-OH is 1. The van der Waals surface area contributed by atoms with Crippen LogP contribution in [0.1, 0.15) is 13.3 Å². The van der Waals surface area contributed by atoms with E-state index >= 15 is 0 Å². The molecule has 0 aliphatic heterocycles. The minimum Gasteiger partial charge on any atom is -0.389 e. The molecule has 0 aromatic rings. The number of hydrogen-bond acceptors (Lipinski definition) is 5. The van der Waals surface area contributed by atoms with E-state index in [0.29, 0.717) is 26.4 Å².